The molecule has 0 aromatic heterocycles. The molecular weight excluding hydrogens is 230 g/mol. The van der Waals surface area contributed by atoms with E-state index >= 15 is 0 Å². The number of aliphatic carboxylic acids is 1. The molecule has 0 fully saturated rings. The molecule has 86 valence electrons. The smallest absolute Gasteiger partial charge is 0.235 e. The van der Waals surface area contributed by atoms with Gasteiger partial charge < -0.3 is 15.2 Å². The summed E-state index contributed by atoms with van der Waals surface area (Å²) in [4.78, 5) is 21.8. The SMILES string of the molecule is O=C(CCl)N[C@H](Cc1ccccc1)C(=O)[O-]. The van der Waals surface area contributed by atoms with Gasteiger partial charge in [-0.15, -0.1) is 11.6 Å². The molecule has 1 atom stereocenters. The summed E-state index contributed by atoms with van der Waals surface area (Å²) in [5, 5.41) is 13.1. The largest absolute Gasteiger partial charge is 0.548 e. The van der Waals surface area contributed by atoms with Crippen LogP contribution in [0.4, 0.5) is 0 Å². The maximum Gasteiger partial charge on any atom is 0.235 e. The molecule has 0 unspecified atom stereocenters. The minimum atomic E-state index is -1.32. The summed E-state index contributed by atoms with van der Waals surface area (Å²) in [7, 11) is 0. The predicted octanol–water partition coefficient (Wildman–Crippen LogP) is -0.297. The number of carbonyl (C=O) groups is 2. The molecular formula is C11H11ClNO3-. The van der Waals surface area contributed by atoms with Gasteiger partial charge in [-0.25, -0.2) is 0 Å². The van der Waals surface area contributed by atoms with Crippen molar-refractivity contribution in [3.8, 4) is 0 Å². The fourth-order valence-electron chi connectivity index (χ4n) is 1.28. The van der Waals surface area contributed by atoms with Crippen LogP contribution in [-0.4, -0.2) is 23.8 Å². The number of rotatable bonds is 5. The number of carboxylic acid groups (broad SMARTS) is 1. The van der Waals surface area contributed by atoms with Gasteiger partial charge >= 0.3 is 0 Å². The van der Waals surface area contributed by atoms with Gasteiger partial charge in [0.15, 0.2) is 0 Å². The molecule has 0 radical (unpaired) electrons. The van der Waals surface area contributed by atoms with E-state index in [1.807, 2.05) is 6.07 Å². The molecule has 1 rings (SSSR count). The Hall–Kier alpha value is -1.55. The molecule has 5 heteroatoms. The van der Waals surface area contributed by atoms with Crippen LogP contribution in [0.25, 0.3) is 0 Å². The first kappa shape index (κ1) is 12.5. The van der Waals surface area contributed by atoms with Crippen molar-refractivity contribution in [1.29, 1.82) is 0 Å². The van der Waals surface area contributed by atoms with E-state index in [-0.39, 0.29) is 12.3 Å². The molecule has 0 saturated carbocycles. The van der Waals surface area contributed by atoms with Gasteiger partial charge in [0.2, 0.25) is 5.91 Å². The van der Waals surface area contributed by atoms with Crippen LogP contribution < -0.4 is 10.4 Å². The summed E-state index contributed by atoms with van der Waals surface area (Å²) in [5.74, 6) is -2.10. The fraction of sp³-hybridized carbons (Fsp3) is 0.273. The predicted molar refractivity (Wildman–Crippen MR) is 57.8 cm³/mol. The van der Waals surface area contributed by atoms with E-state index in [9.17, 15) is 14.7 Å². The molecule has 1 aromatic carbocycles. The van der Waals surface area contributed by atoms with Gasteiger partial charge in [-0.05, 0) is 12.0 Å². The second-order valence-corrected chi connectivity index (χ2v) is 3.53. The molecule has 0 aliphatic heterocycles. The van der Waals surface area contributed by atoms with Crippen molar-refractivity contribution in [2.45, 2.75) is 12.5 Å². The molecule has 0 heterocycles. The maximum absolute atomic E-state index is 11.0. The number of alkyl halides is 1. The summed E-state index contributed by atoms with van der Waals surface area (Å²) in [5.41, 5.74) is 0.812. The lowest BCUT2D eigenvalue weighted by atomic mass is 10.1. The normalized spacial score (nSPS) is 11.8. The molecule has 1 amide bonds. The highest BCUT2D eigenvalue weighted by Crippen LogP contribution is 2.02. The van der Waals surface area contributed by atoms with Crippen LogP contribution in [0, 0.1) is 0 Å². The average Bonchev–Trinajstić information content (AvgIpc) is 2.29. The Labute approximate surface area is 98.2 Å². The van der Waals surface area contributed by atoms with Gasteiger partial charge in [-0.3, -0.25) is 4.79 Å². The number of halogens is 1. The summed E-state index contributed by atoms with van der Waals surface area (Å²) >= 11 is 5.28. The van der Waals surface area contributed by atoms with Crippen LogP contribution in [0.2, 0.25) is 0 Å². The Morgan fingerprint density at radius 2 is 1.94 bits per heavy atom. The summed E-state index contributed by atoms with van der Waals surface area (Å²) in [6.07, 6.45) is 0.186. The van der Waals surface area contributed by atoms with Gasteiger partial charge in [-0.2, -0.15) is 0 Å². The van der Waals surface area contributed by atoms with Crippen LogP contribution >= 0.6 is 11.6 Å². The number of hydrogen-bond donors (Lipinski definition) is 1. The van der Waals surface area contributed by atoms with Crippen LogP contribution in [0.3, 0.4) is 0 Å². The third kappa shape index (κ3) is 3.90. The molecule has 1 N–H and O–H groups in total. The van der Waals surface area contributed by atoms with Crippen molar-refractivity contribution < 1.29 is 14.7 Å². The third-order valence-electron chi connectivity index (χ3n) is 2.02. The van der Waals surface area contributed by atoms with Crippen LogP contribution in [0.5, 0.6) is 0 Å². The Kier molecular flexibility index (Phi) is 4.79. The number of carboxylic acids is 1. The summed E-state index contributed by atoms with van der Waals surface area (Å²) in [6, 6.07) is 7.94. The van der Waals surface area contributed by atoms with Gasteiger partial charge in [0.1, 0.15) is 5.88 Å². The average molecular weight is 241 g/mol. The number of carbonyl (C=O) groups excluding carboxylic acids is 2. The van der Waals surface area contributed by atoms with Crippen molar-refractivity contribution in [2.75, 3.05) is 5.88 Å². The van der Waals surface area contributed by atoms with Gasteiger partial charge in [0, 0.05) is 0 Å². The standard InChI is InChI=1S/C11H12ClNO3/c12-7-10(14)13-9(11(15)16)6-8-4-2-1-3-5-8/h1-5,9H,6-7H2,(H,13,14)(H,15,16)/p-1/t9-/m1/s1. The highest BCUT2D eigenvalue weighted by molar-refractivity contribution is 6.27. The highest BCUT2D eigenvalue weighted by atomic mass is 35.5. The van der Waals surface area contributed by atoms with Gasteiger partial charge in [0.05, 0.1) is 12.0 Å². The van der Waals surface area contributed by atoms with Gasteiger partial charge in [-0.1, -0.05) is 30.3 Å². The third-order valence-corrected chi connectivity index (χ3v) is 2.27. The quantitative estimate of drug-likeness (QED) is 0.719. The van der Waals surface area contributed by atoms with E-state index in [1.165, 1.54) is 0 Å². The number of hydrogen-bond acceptors (Lipinski definition) is 3. The van der Waals surface area contributed by atoms with Crippen molar-refractivity contribution >= 4 is 23.5 Å². The zero-order valence-electron chi connectivity index (χ0n) is 8.48. The molecule has 4 nitrogen and oxygen atoms in total. The van der Waals surface area contributed by atoms with Crippen molar-refractivity contribution in [1.82, 2.24) is 5.32 Å². The summed E-state index contributed by atoms with van der Waals surface area (Å²) in [6.45, 7) is 0. The molecule has 16 heavy (non-hydrogen) atoms. The Morgan fingerprint density at radius 1 is 1.31 bits per heavy atom. The Morgan fingerprint density at radius 3 is 2.44 bits per heavy atom. The second-order valence-electron chi connectivity index (χ2n) is 3.26. The van der Waals surface area contributed by atoms with Crippen LogP contribution in [0.1, 0.15) is 5.56 Å². The molecule has 1 aromatic rings. The summed E-state index contributed by atoms with van der Waals surface area (Å²) < 4.78 is 0. The minimum absolute atomic E-state index is 0.186. The van der Waals surface area contributed by atoms with Crippen LogP contribution in [0.15, 0.2) is 30.3 Å². The van der Waals surface area contributed by atoms with E-state index in [2.05, 4.69) is 5.32 Å². The topological polar surface area (TPSA) is 69.2 Å². The van der Waals surface area contributed by atoms with E-state index in [4.69, 9.17) is 11.6 Å². The lowest BCUT2D eigenvalue weighted by molar-refractivity contribution is -0.308. The van der Waals surface area contributed by atoms with Crippen molar-refractivity contribution in [2.24, 2.45) is 0 Å². The highest BCUT2D eigenvalue weighted by Gasteiger charge is 2.13. The first-order valence-electron chi connectivity index (χ1n) is 4.73. The van der Waals surface area contributed by atoms with E-state index in [0.717, 1.165) is 5.56 Å². The number of benzene rings is 1. The lowest BCUT2D eigenvalue weighted by Gasteiger charge is -2.19. The first-order chi connectivity index (χ1) is 7.63. The fourth-order valence-corrected chi connectivity index (χ4v) is 1.35. The van der Waals surface area contributed by atoms with E-state index in [1.54, 1.807) is 24.3 Å². The van der Waals surface area contributed by atoms with Crippen LogP contribution in [-0.2, 0) is 16.0 Å². The molecule has 0 spiro atoms. The van der Waals surface area contributed by atoms with Crippen molar-refractivity contribution in [3.63, 3.8) is 0 Å². The molecule has 0 aliphatic rings. The lowest BCUT2D eigenvalue weighted by Crippen LogP contribution is -2.49. The second kappa shape index (κ2) is 6.12. The van der Waals surface area contributed by atoms with E-state index in [0.29, 0.717) is 0 Å². The number of amides is 1. The molecule has 0 bridgehead atoms. The minimum Gasteiger partial charge on any atom is -0.548 e. The number of nitrogens with one attached hydrogen (secondary N) is 1. The maximum atomic E-state index is 11.0. The Balaban J connectivity index is 2.65. The van der Waals surface area contributed by atoms with E-state index < -0.39 is 17.9 Å². The monoisotopic (exact) mass is 240 g/mol. The molecule has 0 aliphatic carbocycles. The van der Waals surface area contributed by atoms with Gasteiger partial charge in [0.25, 0.3) is 0 Å². The zero-order valence-corrected chi connectivity index (χ0v) is 9.24. The Bertz CT molecular complexity index is 367. The molecule has 0 saturated heterocycles. The van der Waals surface area contributed by atoms with Crippen molar-refractivity contribution in [3.05, 3.63) is 35.9 Å². The first-order valence-corrected chi connectivity index (χ1v) is 5.27. The zero-order chi connectivity index (χ0) is 12.0.